The molecule has 0 spiro atoms. The Labute approximate surface area is 204 Å². The van der Waals surface area contributed by atoms with E-state index in [1.165, 1.54) is 7.05 Å². The molecule has 0 aromatic heterocycles. The Balaban J connectivity index is 3.21. The molecule has 1 unspecified atom stereocenters. The molecule has 1 fully saturated rings. The van der Waals surface area contributed by atoms with Crippen LogP contribution in [0.5, 0.6) is 0 Å². The number of guanidine groups is 1. The molecule has 1 heterocycles. The molecule has 202 valence electrons. The monoisotopic (exact) mass is 506 g/mol. The van der Waals surface area contributed by atoms with Gasteiger partial charge in [-0.3, -0.25) is 10.1 Å². The normalized spacial score (nSPS) is 25.7. The van der Waals surface area contributed by atoms with E-state index in [1.807, 2.05) is 0 Å². The lowest BCUT2D eigenvalue weighted by molar-refractivity contribution is -0.187. The van der Waals surface area contributed by atoms with Crippen molar-refractivity contribution in [2.75, 3.05) is 26.8 Å². The number of nitrogens with one attached hydrogen (secondary N) is 1. The Morgan fingerprint density at radius 3 is 1.74 bits per heavy atom. The molecule has 1 aliphatic rings. The fourth-order valence-corrected chi connectivity index (χ4v) is 3.33. The smallest absolute Gasteiger partial charge is 0.437 e. The summed E-state index contributed by atoms with van der Waals surface area (Å²) in [6.45, 7) is 7.57. The summed E-state index contributed by atoms with van der Waals surface area (Å²) in [6, 6.07) is -2.67. The van der Waals surface area contributed by atoms with Crippen molar-refractivity contribution in [3.63, 3.8) is 0 Å². The van der Waals surface area contributed by atoms with Crippen molar-refractivity contribution in [1.82, 2.24) is 15.1 Å². The average molecular weight is 507 g/mol. The number of piperidine rings is 1. The molecule has 1 aliphatic heterocycles. The molecule has 0 aromatic rings. The van der Waals surface area contributed by atoms with Crippen LogP contribution in [0.4, 0.5) is 9.59 Å². The number of alkyl carbamates (subject to hydrolysis) is 1. The SMILES string of the molecule is CN(CC(=O)N1[C@H](CO)[C@H](O)C(O)[C@H](O)[C@H]1CO)C(=NC(=O)OC(C)(C)C)NC(=O)OC(C)(C)C. The van der Waals surface area contributed by atoms with Crippen LogP contribution in [0.25, 0.3) is 0 Å². The number of aliphatic hydroxyl groups excluding tert-OH is 5. The second-order valence-electron chi connectivity index (χ2n) is 10.2. The summed E-state index contributed by atoms with van der Waals surface area (Å²) in [5, 5.41) is 52.1. The van der Waals surface area contributed by atoms with E-state index in [4.69, 9.17) is 9.47 Å². The van der Waals surface area contributed by atoms with E-state index >= 15 is 0 Å². The molecular weight excluding hydrogens is 468 g/mol. The predicted molar refractivity (Wildman–Crippen MR) is 122 cm³/mol. The van der Waals surface area contributed by atoms with Crippen molar-refractivity contribution in [3.8, 4) is 0 Å². The first-order valence-electron chi connectivity index (χ1n) is 11.0. The van der Waals surface area contributed by atoms with Gasteiger partial charge in [0, 0.05) is 7.05 Å². The van der Waals surface area contributed by atoms with Crippen LogP contribution in [0.3, 0.4) is 0 Å². The maximum atomic E-state index is 13.1. The second kappa shape index (κ2) is 11.9. The number of hydrogen-bond donors (Lipinski definition) is 6. The van der Waals surface area contributed by atoms with Gasteiger partial charge in [0.25, 0.3) is 0 Å². The molecule has 0 radical (unpaired) electrons. The fraction of sp³-hybridized carbons (Fsp3) is 0.810. The fourth-order valence-electron chi connectivity index (χ4n) is 3.33. The zero-order valence-corrected chi connectivity index (χ0v) is 21.1. The van der Waals surface area contributed by atoms with Crippen molar-refractivity contribution in [3.05, 3.63) is 0 Å². The van der Waals surface area contributed by atoms with Crippen molar-refractivity contribution in [2.24, 2.45) is 4.99 Å². The Morgan fingerprint density at radius 1 is 0.886 bits per heavy atom. The largest absolute Gasteiger partial charge is 0.444 e. The van der Waals surface area contributed by atoms with Gasteiger partial charge < -0.3 is 44.8 Å². The number of likely N-dealkylation sites (N-methyl/N-ethyl adjacent to an activating group) is 1. The molecule has 5 atom stereocenters. The van der Waals surface area contributed by atoms with Crippen molar-refractivity contribution >= 4 is 24.1 Å². The van der Waals surface area contributed by atoms with E-state index in [1.54, 1.807) is 41.5 Å². The molecule has 1 saturated heterocycles. The van der Waals surface area contributed by atoms with Gasteiger partial charge in [-0.15, -0.1) is 4.99 Å². The molecule has 0 bridgehead atoms. The number of likely N-dealkylation sites (tertiary alicyclic amines) is 1. The molecule has 3 amide bonds. The van der Waals surface area contributed by atoms with Crippen molar-refractivity contribution in [2.45, 2.75) is 83.1 Å². The van der Waals surface area contributed by atoms with Crippen LogP contribution in [0, 0.1) is 0 Å². The Kier molecular flexibility index (Phi) is 10.4. The summed E-state index contributed by atoms with van der Waals surface area (Å²) in [5.74, 6) is -1.22. The second-order valence-corrected chi connectivity index (χ2v) is 10.2. The summed E-state index contributed by atoms with van der Waals surface area (Å²) in [6.07, 6.45) is -7.11. The van der Waals surface area contributed by atoms with Crippen LogP contribution < -0.4 is 5.32 Å². The Bertz CT molecular complexity index is 774. The number of hydrogen-bond acceptors (Lipinski definition) is 10. The third-order valence-electron chi connectivity index (χ3n) is 4.80. The highest BCUT2D eigenvalue weighted by Gasteiger charge is 2.49. The summed E-state index contributed by atoms with van der Waals surface area (Å²) >= 11 is 0. The number of nitrogens with zero attached hydrogens (tertiary/aromatic N) is 3. The lowest BCUT2D eigenvalue weighted by atomic mass is 9.88. The number of aliphatic hydroxyl groups is 5. The first kappa shape index (κ1) is 30.5. The standard InChI is InChI=1S/C21H38N4O10/c1-20(2,3)34-18(32)22-17(23-19(33)35-21(4,5)6)24(7)8-13(28)25-11(9-26)14(29)16(31)15(30)12(25)10-27/h11-12,14-16,26-27,29-31H,8-10H2,1-7H3,(H,22,23,32,33)/t11-,12-,14-,15+,16?/m1/s1. The maximum Gasteiger partial charge on any atom is 0.437 e. The van der Waals surface area contributed by atoms with E-state index in [0.29, 0.717) is 0 Å². The molecule has 0 aromatic carbocycles. The zero-order chi connectivity index (χ0) is 27.3. The third-order valence-corrected chi connectivity index (χ3v) is 4.80. The number of carbonyl (C=O) groups excluding carboxylic acids is 3. The van der Waals surface area contributed by atoms with Gasteiger partial charge in [0.2, 0.25) is 11.9 Å². The summed E-state index contributed by atoms with van der Waals surface area (Å²) in [4.78, 5) is 43.3. The van der Waals surface area contributed by atoms with Crippen molar-refractivity contribution in [1.29, 1.82) is 0 Å². The summed E-state index contributed by atoms with van der Waals surface area (Å²) < 4.78 is 10.3. The lowest BCUT2D eigenvalue weighted by Gasteiger charge is -2.48. The molecule has 35 heavy (non-hydrogen) atoms. The predicted octanol–water partition coefficient (Wildman–Crippen LogP) is -1.62. The third kappa shape index (κ3) is 8.89. The van der Waals surface area contributed by atoms with E-state index < -0.39 is 85.4 Å². The average Bonchev–Trinajstić information content (AvgIpc) is 2.68. The van der Waals surface area contributed by atoms with Gasteiger partial charge in [-0.1, -0.05) is 0 Å². The van der Waals surface area contributed by atoms with Gasteiger partial charge in [-0.05, 0) is 41.5 Å². The maximum absolute atomic E-state index is 13.1. The summed E-state index contributed by atoms with van der Waals surface area (Å²) in [5.41, 5.74) is -1.77. The number of ether oxygens (including phenoxy) is 2. The number of amides is 3. The van der Waals surface area contributed by atoms with Gasteiger partial charge in [0.15, 0.2) is 0 Å². The van der Waals surface area contributed by atoms with Gasteiger partial charge >= 0.3 is 12.2 Å². The van der Waals surface area contributed by atoms with Crippen LogP contribution in [0.2, 0.25) is 0 Å². The molecule has 14 nitrogen and oxygen atoms in total. The topological polar surface area (TPSA) is 202 Å². The van der Waals surface area contributed by atoms with E-state index in [9.17, 15) is 39.9 Å². The van der Waals surface area contributed by atoms with Crippen LogP contribution >= 0.6 is 0 Å². The minimum atomic E-state index is -1.70. The van der Waals surface area contributed by atoms with Gasteiger partial charge in [-0.2, -0.15) is 0 Å². The minimum Gasteiger partial charge on any atom is -0.444 e. The van der Waals surface area contributed by atoms with Crippen LogP contribution in [0.15, 0.2) is 4.99 Å². The summed E-state index contributed by atoms with van der Waals surface area (Å²) in [7, 11) is 1.31. The van der Waals surface area contributed by atoms with Crippen LogP contribution in [0.1, 0.15) is 41.5 Å². The van der Waals surface area contributed by atoms with Crippen LogP contribution in [-0.2, 0) is 14.3 Å². The minimum absolute atomic E-state index is 0.402. The zero-order valence-electron chi connectivity index (χ0n) is 21.1. The van der Waals surface area contributed by atoms with Gasteiger partial charge in [0.1, 0.15) is 29.5 Å². The first-order valence-corrected chi connectivity index (χ1v) is 11.0. The Hall–Kier alpha value is -2.52. The van der Waals surface area contributed by atoms with E-state index in [-0.39, 0.29) is 0 Å². The first-order chi connectivity index (χ1) is 15.9. The number of aliphatic imine (C=N–C) groups is 1. The van der Waals surface area contributed by atoms with Crippen LogP contribution in [-0.4, -0.2) is 128 Å². The number of carbonyl (C=O) groups is 3. The van der Waals surface area contributed by atoms with Crippen molar-refractivity contribution < 1.29 is 49.4 Å². The molecule has 14 heteroatoms. The Morgan fingerprint density at radius 2 is 1.34 bits per heavy atom. The van der Waals surface area contributed by atoms with E-state index in [2.05, 4.69) is 10.3 Å². The highest BCUT2D eigenvalue weighted by molar-refractivity contribution is 6.00. The molecule has 6 N–H and O–H groups in total. The molecular formula is C21H38N4O10. The highest BCUT2D eigenvalue weighted by atomic mass is 16.6. The van der Waals surface area contributed by atoms with Gasteiger partial charge in [0.05, 0.1) is 31.8 Å². The highest BCUT2D eigenvalue weighted by Crippen LogP contribution is 2.25. The van der Waals surface area contributed by atoms with Gasteiger partial charge in [-0.25, -0.2) is 9.59 Å². The molecule has 0 saturated carbocycles. The lowest BCUT2D eigenvalue weighted by Crippen LogP contribution is -2.70. The van der Waals surface area contributed by atoms with E-state index in [0.717, 1.165) is 9.80 Å². The number of rotatable bonds is 4. The quantitative estimate of drug-likeness (QED) is 0.189. The molecule has 0 aliphatic carbocycles. The molecule has 1 rings (SSSR count).